The van der Waals surface area contributed by atoms with Gasteiger partial charge in [-0.05, 0) is 42.3 Å². The summed E-state index contributed by atoms with van der Waals surface area (Å²) in [6, 6.07) is 13.1. The van der Waals surface area contributed by atoms with Crippen LogP contribution in [-0.4, -0.2) is 5.91 Å². The van der Waals surface area contributed by atoms with Gasteiger partial charge in [0.05, 0.1) is 6.04 Å². The molecule has 0 saturated heterocycles. The highest BCUT2D eigenvalue weighted by Gasteiger charge is 2.11. The number of amides is 1. The summed E-state index contributed by atoms with van der Waals surface area (Å²) in [6.45, 7) is 1.86. The molecule has 2 rings (SSSR count). The molecule has 0 aromatic heterocycles. The van der Waals surface area contributed by atoms with Gasteiger partial charge in [-0.1, -0.05) is 24.3 Å². The van der Waals surface area contributed by atoms with Crippen molar-refractivity contribution in [2.75, 3.05) is 0 Å². The lowest BCUT2D eigenvalue weighted by molar-refractivity contribution is 0.0940. The molecule has 0 saturated carbocycles. The number of halogens is 2. The normalized spacial score (nSPS) is 11.9. The summed E-state index contributed by atoms with van der Waals surface area (Å²) in [5.41, 5.74) is 2.32. The molecule has 1 N–H and O–H groups in total. The van der Waals surface area contributed by atoms with E-state index < -0.39 is 0 Å². The second kappa shape index (κ2) is 6.53. The summed E-state index contributed by atoms with van der Waals surface area (Å²) < 4.78 is 12.9. The Morgan fingerprint density at radius 1 is 1.25 bits per heavy atom. The van der Waals surface area contributed by atoms with Crippen LogP contribution in [0.3, 0.4) is 0 Å². The van der Waals surface area contributed by atoms with E-state index in [9.17, 15) is 9.18 Å². The van der Waals surface area contributed by atoms with Crippen molar-refractivity contribution in [3.05, 3.63) is 71.0 Å². The van der Waals surface area contributed by atoms with E-state index in [4.69, 9.17) is 11.6 Å². The number of rotatable bonds is 4. The largest absolute Gasteiger partial charge is 0.346 e. The van der Waals surface area contributed by atoms with Crippen LogP contribution in [0.1, 0.15) is 34.5 Å². The summed E-state index contributed by atoms with van der Waals surface area (Å²) in [6.07, 6.45) is 0. The Labute approximate surface area is 122 Å². The zero-order chi connectivity index (χ0) is 14.5. The molecule has 4 heteroatoms. The maximum Gasteiger partial charge on any atom is 0.251 e. The Morgan fingerprint density at radius 2 is 1.95 bits per heavy atom. The molecule has 0 heterocycles. The SMILES string of the molecule is CC(NC(=O)c1cccc(CCl)c1)c1ccc(F)cc1. The lowest BCUT2D eigenvalue weighted by Crippen LogP contribution is -2.26. The third-order valence-corrected chi connectivity index (χ3v) is 3.37. The van der Waals surface area contributed by atoms with Crippen molar-refractivity contribution < 1.29 is 9.18 Å². The third kappa shape index (κ3) is 3.58. The molecule has 0 radical (unpaired) electrons. The van der Waals surface area contributed by atoms with Gasteiger partial charge in [0.2, 0.25) is 0 Å². The second-order valence-corrected chi connectivity index (χ2v) is 4.85. The van der Waals surface area contributed by atoms with Crippen molar-refractivity contribution in [3.63, 3.8) is 0 Å². The van der Waals surface area contributed by atoms with Gasteiger partial charge in [-0.2, -0.15) is 0 Å². The molecule has 0 aliphatic rings. The first-order chi connectivity index (χ1) is 9.60. The number of hydrogen-bond acceptors (Lipinski definition) is 1. The maximum absolute atomic E-state index is 12.9. The predicted octanol–water partition coefficient (Wildman–Crippen LogP) is 4.06. The van der Waals surface area contributed by atoms with Crippen LogP contribution >= 0.6 is 11.6 Å². The van der Waals surface area contributed by atoms with Gasteiger partial charge in [-0.3, -0.25) is 4.79 Å². The molecule has 2 nitrogen and oxygen atoms in total. The molecule has 104 valence electrons. The number of benzene rings is 2. The average molecular weight is 292 g/mol. The molecule has 0 bridgehead atoms. The molecule has 0 spiro atoms. The Hall–Kier alpha value is -1.87. The lowest BCUT2D eigenvalue weighted by Gasteiger charge is -2.14. The van der Waals surface area contributed by atoms with Crippen LogP contribution in [0.4, 0.5) is 4.39 Å². The van der Waals surface area contributed by atoms with Crippen molar-refractivity contribution in [2.45, 2.75) is 18.8 Å². The highest BCUT2D eigenvalue weighted by atomic mass is 35.5. The van der Waals surface area contributed by atoms with Crippen molar-refractivity contribution in [1.29, 1.82) is 0 Å². The second-order valence-electron chi connectivity index (χ2n) is 4.58. The van der Waals surface area contributed by atoms with Gasteiger partial charge in [0.15, 0.2) is 0 Å². The van der Waals surface area contributed by atoms with Crippen molar-refractivity contribution in [2.24, 2.45) is 0 Å². The van der Waals surface area contributed by atoms with E-state index in [0.29, 0.717) is 11.4 Å². The van der Waals surface area contributed by atoms with Gasteiger partial charge >= 0.3 is 0 Å². The minimum atomic E-state index is -0.290. The Morgan fingerprint density at radius 3 is 2.60 bits per heavy atom. The Bertz CT molecular complexity index is 598. The summed E-state index contributed by atoms with van der Waals surface area (Å²) in [5, 5.41) is 2.88. The van der Waals surface area contributed by atoms with E-state index in [1.54, 1.807) is 30.3 Å². The van der Waals surface area contributed by atoms with E-state index in [-0.39, 0.29) is 17.8 Å². The van der Waals surface area contributed by atoms with Crippen LogP contribution < -0.4 is 5.32 Å². The fraction of sp³-hybridized carbons (Fsp3) is 0.188. The first-order valence-corrected chi connectivity index (χ1v) is 6.85. The summed E-state index contributed by atoms with van der Waals surface area (Å²) in [4.78, 5) is 12.1. The highest BCUT2D eigenvalue weighted by molar-refractivity contribution is 6.17. The van der Waals surface area contributed by atoms with Crippen LogP contribution in [0, 0.1) is 5.82 Å². The Balaban J connectivity index is 2.08. The quantitative estimate of drug-likeness (QED) is 0.846. The van der Waals surface area contributed by atoms with Crippen molar-refractivity contribution in [1.82, 2.24) is 5.32 Å². The highest BCUT2D eigenvalue weighted by Crippen LogP contribution is 2.14. The molecule has 1 amide bonds. The van der Waals surface area contributed by atoms with Gasteiger partial charge in [0, 0.05) is 11.4 Å². The van der Waals surface area contributed by atoms with Crippen molar-refractivity contribution in [3.8, 4) is 0 Å². The third-order valence-electron chi connectivity index (χ3n) is 3.06. The number of alkyl halides is 1. The van der Waals surface area contributed by atoms with Crippen LogP contribution in [0.5, 0.6) is 0 Å². The molecule has 2 aromatic rings. The van der Waals surface area contributed by atoms with E-state index in [1.165, 1.54) is 12.1 Å². The molecular formula is C16H15ClFNO. The van der Waals surface area contributed by atoms with Crippen LogP contribution in [0.2, 0.25) is 0 Å². The molecule has 0 aliphatic heterocycles. The number of hydrogen-bond donors (Lipinski definition) is 1. The van der Waals surface area contributed by atoms with Crippen LogP contribution in [0.15, 0.2) is 48.5 Å². The first kappa shape index (κ1) is 14.5. The van der Waals surface area contributed by atoms with Crippen LogP contribution in [-0.2, 0) is 5.88 Å². The number of carbonyl (C=O) groups is 1. The van der Waals surface area contributed by atoms with Gasteiger partial charge in [0.25, 0.3) is 5.91 Å². The van der Waals surface area contributed by atoms with Gasteiger partial charge < -0.3 is 5.32 Å². The minimum absolute atomic E-state index is 0.172. The van der Waals surface area contributed by atoms with E-state index in [0.717, 1.165) is 11.1 Å². The molecule has 20 heavy (non-hydrogen) atoms. The van der Waals surface area contributed by atoms with Gasteiger partial charge in [0.1, 0.15) is 5.82 Å². The molecule has 2 aromatic carbocycles. The number of carbonyl (C=O) groups excluding carboxylic acids is 1. The molecule has 1 atom stereocenters. The van der Waals surface area contributed by atoms with E-state index in [2.05, 4.69) is 5.32 Å². The fourth-order valence-electron chi connectivity index (χ4n) is 1.91. The number of nitrogens with one attached hydrogen (secondary N) is 1. The first-order valence-electron chi connectivity index (χ1n) is 6.31. The van der Waals surface area contributed by atoms with Gasteiger partial charge in [-0.15, -0.1) is 11.6 Å². The topological polar surface area (TPSA) is 29.1 Å². The minimum Gasteiger partial charge on any atom is -0.346 e. The molecule has 0 aliphatic carbocycles. The monoisotopic (exact) mass is 291 g/mol. The Kier molecular flexibility index (Phi) is 4.74. The fourth-order valence-corrected chi connectivity index (χ4v) is 2.08. The molecule has 0 fully saturated rings. The summed E-state index contributed by atoms with van der Waals surface area (Å²) >= 11 is 5.75. The van der Waals surface area contributed by atoms with Crippen molar-refractivity contribution >= 4 is 17.5 Å². The molecular weight excluding hydrogens is 277 g/mol. The van der Waals surface area contributed by atoms with Gasteiger partial charge in [-0.25, -0.2) is 4.39 Å². The summed E-state index contributed by atoms with van der Waals surface area (Å²) in [7, 11) is 0. The smallest absolute Gasteiger partial charge is 0.251 e. The van der Waals surface area contributed by atoms with E-state index in [1.807, 2.05) is 13.0 Å². The average Bonchev–Trinajstić information content (AvgIpc) is 2.47. The van der Waals surface area contributed by atoms with Crippen LogP contribution in [0.25, 0.3) is 0 Å². The maximum atomic E-state index is 12.9. The lowest BCUT2D eigenvalue weighted by atomic mass is 10.1. The van der Waals surface area contributed by atoms with E-state index >= 15 is 0 Å². The zero-order valence-electron chi connectivity index (χ0n) is 11.1. The molecule has 1 unspecified atom stereocenters. The predicted molar refractivity (Wildman–Crippen MR) is 78.3 cm³/mol. The zero-order valence-corrected chi connectivity index (χ0v) is 11.8. The summed E-state index contributed by atoms with van der Waals surface area (Å²) in [5.74, 6) is -0.0925. The standard InChI is InChI=1S/C16H15ClFNO/c1-11(13-5-7-15(18)8-6-13)19-16(20)14-4-2-3-12(9-14)10-17/h2-9,11H,10H2,1H3,(H,19,20).